The molecule has 1 atom stereocenters. The Hall–Kier alpha value is -4.02. The molecule has 234 valence electrons. The summed E-state index contributed by atoms with van der Waals surface area (Å²) in [5.41, 5.74) is -0.492. The molecule has 1 aliphatic heterocycles. The lowest BCUT2D eigenvalue weighted by molar-refractivity contribution is 0.0179. The third kappa shape index (κ3) is 6.87. The largest absolute Gasteiger partial charge is 0.453 e. The van der Waals surface area contributed by atoms with Gasteiger partial charge in [-0.1, -0.05) is 0 Å². The molecular weight excluding hydrogens is 589 g/mol. The number of carbonyl (C=O) groups excluding carboxylic acids is 1. The number of fused-ring (bicyclic) bond motifs is 1. The number of hydrogen-bond donors (Lipinski definition) is 1. The molecule has 2 aliphatic rings. The topological polar surface area (TPSA) is 138 Å². The minimum atomic E-state index is -2.41. The average molecular weight is 626 g/mol. The monoisotopic (exact) mass is 625 g/mol. The third-order valence-electron chi connectivity index (χ3n) is 8.07. The van der Waals surface area contributed by atoms with Crippen molar-refractivity contribution in [1.82, 2.24) is 14.5 Å². The predicted octanol–water partition coefficient (Wildman–Crippen LogP) is 5.73. The van der Waals surface area contributed by atoms with Crippen LogP contribution in [0.15, 0.2) is 41.5 Å². The third-order valence-corrected chi connectivity index (χ3v) is 8.90. The van der Waals surface area contributed by atoms with Gasteiger partial charge in [0.25, 0.3) is 16.8 Å². The molecule has 0 radical (unpaired) electrons. The molecule has 0 bridgehead atoms. The molecule has 11 nitrogen and oxygen atoms in total. The van der Waals surface area contributed by atoms with E-state index < -0.39 is 22.7 Å². The van der Waals surface area contributed by atoms with E-state index in [0.717, 1.165) is 31.7 Å². The predicted molar refractivity (Wildman–Crippen MR) is 163 cm³/mol. The van der Waals surface area contributed by atoms with Crippen molar-refractivity contribution in [3.63, 3.8) is 0 Å². The summed E-state index contributed by atoms with van der Waals surface area (Å²) >= 11 is -2.41. The van der Waals surface area contributed by atoms with E-state index in [2.05, 4.69) is 4.98 Å². The number of aryl methyl sites for hydroxylation is 1. The Bertz CT molecular complexity index is 1670. The number of anilines is 1. The highest BCUT2D eigenvalue weighted by Gasteiger charge is 2.32. The summed E-state index contributed by atoms with van der Waals surface area (Å²) in [6.45, 7) is 7.16. The van der Waals surface area contributed by atoms with Crippen LogP contribution in [0, 0.1) is 23.1 Å². The fourth-order valence-corrected chi connectivity index (χ4v) is 6.29. The van der Waals surface area contributed by atoms with Crippen LogP contribution in [0.25, 0.3) is 10.9 Å². The smallest absolute Gasteiger partial charge is 0.410 e. The van der Waals surface area contributed by atoms with Crippen LogP contribution in [-0.2, 0) is 22.5 Å². The lowest BCUT2D eigenvalue weighted by atomic mass is 9.92. The first-order valence-electron chi connectivity index (χ1n) is 14.7. The molecule has 1 saturated carbocycles. The van der Waals surface area contributed by atoms with Gasteiger partial charge in [-0.25, -0.2) is 18.4 Å². The number of hydrogen-bond acceptors (Lipinski definition) is 7. The Kier molecular flexibility index (Phi) is 9.22. The Morgan fingerprint density at radius 1 is 1.20 bits per heavy atom. The molecule has 0 spiro atoms. The summed E-state index contributed by atoms with van der Waals surface area (Å²) in [7, 11) is 0. The lowest BCUT2D eigenvalue weighted by Crippen LogP contribution is -2.41. The van der Waals surface area contributed by atoms with Gasteiger partial charge in [0.2, 0.25) is 0 Å². The average Bonchev–Trinajstić information content (AvgIpc) is 2.95. The molecular formula is C31H36FN5O6S. The van der Waals surface area contributed by atoms with Gasteiger partial charge in [-0.2, -0.15) is 5.26 Å². The van der Waals surface area contributed by atoms with Crippen LogP contribution >= 0.6 is 0 Å². The molecule has 1 saturated heterocycles. The Morgan fingerprint density at radius 2 is 1.93 bits per heavy atom. The first kappa shape index (κ1) is 31.4. The van der Waals surface area contributed by atoms with Crippen LogP contribution in [0.4, 0.5) is 14.9 Å². The number of likely N-dealkylation sites (tertiary alicyclic amines) is 1. The number of piperidine rings is 1. The van der Waals surface area contributed by atoms with E-state index in [4.69, 9.17) is 9.47 Å². The second-order valence-electron chi connectivity index (χ2n) is 12.2. The molecule has 44 heavy (non-hydrogen) atoms. The first-order chi connectivity index (χ1) is 20.9. The van der Waals surface area contributed by atoms with Gasteiger partial charge in [0.1, 0.15) is 23.0 Å². The summed E-state index contributed by atoms with van der Waals surface area (Å²) < 4.78 is 51.1. The summed E-state index contributed by atoms with van der Waals surface area (Å²) in [5.74, 6) is -0.750. The van der Waals surface area contributed by atoms with Gasteiger partial charge in [-0.15, -0.1) is 0 Å². The minimum absolute atomic E-state index is 0.108. The highest BCUT2D eigenvalue weighted by molar-refractivity contribution is 7.80. The number of nitrogens with zero attached hydrogens (tertiary/aromatic N) is 5. The van der Waals surface area contributed by atoms with Gasteiger partial charge in [0.05, 0.1) is 22.9 Å². The molecule has 1 aromatic heterocycles. The van der Waals surface area contributed by atoms with E-state index in [-0.39, 0.29) is 45.8 Å². The standard InChI is InChI=1S/C31H36FN5O6S/c1-31(2,3)43-30(39)35-14-11-20(12-15-35)13-16-36-19-34-26-9-7-22(17-23(26)29(36)38)42-28-24(18-33)27(10-8-25(28)32)37(44(40)41)21-5-4-6-21/h7-10,17,19-21H,4-6,11-16H2,1-3H3,(H,40,41). The quantitative estimate of drug-likeness (QED) is 0.313. The zero-order chi connectivity index (χ0) is 31.6. The van der Waals surface area contributed by atoms with Gasteiger partial charge in [0, 0.05) is 25.7 Å². The number of amides is 1. The molecule has 1 aliphatic carbocycles. The van der Waals surface area contributed by atoms with Crippen molar-refractivity contribution in [3.8, 4) is 17.6 Å². The molecule has 1 unspecified atom stereocenters. The maximum Gasteiger partial charge on any atom is 0.410 e. The molecule has 5 rings (SSSR count). The van der Waals surface area contributed by atoms with E-state index in [1.54, 1.807) is 11.0 Å². The molecule has 2 heterocycles. The molecule has 1 N–H and O–H groups in total. The molecule has 3 aromatic rings. The van der Waals surface area contributed by atoms with Gasteiger partial charge in [0.15, 0.2) is 11.6 Å². The van der Waals surface area contributed by atoms with Crippen molar-refractivity contribution in [2.75, 3.05) is 17.4 Å². The normalized spacial score (nSPS) is 16.7. The number of ether oxygens (including phenoxy) is 2. The number of nitriles is 1. The van der Waals surface area contributed by atoms with Gasteiger partial charge in [-0.3, -0.25) is 18.2 Å². The van der Waals surface area contributed by atoms with Gasteiger partial charge < -0.3 is 14.4 Å². The second-order valence-corrected chi connectivity index (χ2v) is 13.1. The van der Waals surface area contributed by atoms with Crippen molar-refractivity contribution >= 4 is 34.0 Å². The maximum atomic E-state index is 15.0. The highest BCUT2D eigenvalue weighted by atomic mass is 32.2. The van der Waals surface area contributed by atoms with Crippen molar-refractivity contribution in [2.45, 2.75) is 77.5 Å². The van der Waals surface area contributed by atoms with Crippen molar-refractivity contribution in [3.05, 3.63) is 58.4 Å². The SMILES string of the molecule is CC(C)(C)OC(=O)N1CCC(CCn2cnc3ccc(Oc4c(F)ccc(N(C5CCC5)S(=O)O)c4C#N)cc3c2=O)CC1. The Morgan fingerprint density at radius 3 is 2.55 bits per heavy atom. The van der Waals surface area contributed by atoms with Crippen LogP contribution in [0.5, 0.6) is 11.5 Å². The lowest BCUT2D eigenvalue weighted by Gasteiger charge is -2.36. The van der Waals surface area contributed by atoms with Crippen molar-refractivity contribution in [1.29, 1.82) is 5.26 Å². The van der Waals surface area contributed by atoms with Gasteiger partial charge in [-0.05, 0) is 95.5 Å². The number of rotatable bonds is 8. The van der Waals surface area contributed by atoms with E-state index in [1.807, 2.05) is 26.8 Å². The summed E-state index contributed by atoms with van der Waals surface area (Å²) in [6.07, 6.45) is 5.79. The maximum absolute atomic E-state index is 15.0. The number of carbonyl (C=O) groups is 1. The summed E-state index contributed by atoms with van der Waals surface area (Å²) in [4.78, 5) is 31.9. The molecule has 2 fully saturated rings. The number of halogens is 1. The number of benzene rings is 2. The van der Waals surface area contributed by atoms with Crippen LogP contribution < -0.4 is 14.6 Å². The molecule has 2 aromatic carbocycles. The highest BCUT2D eigenvalue weighted by Crippen LogP contribution is 2.39. The molecule has 13 heteroatoms. The minimum Gasteiger partial charge on any atom is -0.453 e. The van der Waals surface area contributed by atoms with E-state index >= 15 is 0 Å². The van der Waals surface area contributed by atoms with Gasteiger partial charge >= 0.3 is 6.09 Å². The van der Waals surface area contributed by atoms with Crippen LogP contribution in [-0.4, -0.2) is 54.0 Å². The fraction of sp³-hybridized carbons (Fsp3) is 0.484. The van der Waals surface area contributed by atoms with Crippen LogP contribution in [0.2, 0.25) is 0 Å². The number of aromatic nitrogens is 2. The summed E-state index contributed by atoms with van der Waals surface area (Å²) in [6, 6.07) is 8.65. The zero-order valence-corrected chi connectivity index (χ0v) is 25.8. The zero-order valence-electron chi connectivity index (χ0n) is 25.0. The van der Waals surface area contributed by atoms with E-state index in [9.17, 15) is 28.0 Å². The Labute approximate surface area is 257 Å². The van der Waals surface area contributed by atoms with Crippen molar-refractivity contribution in [2.24, 2.45) is 5.92 Å². The van der Waals surface area contributed by atoms with Crippen LogP contribution in [0.1, 0.15) is 64.9 Å². The van der Waals surface area contributed by atoms with E-state index in [0.29, 0.717) is 43.9 Å². The first-order valence-corrected chi connectivity index (χ1v) is 15.8. The Balaban J connectivity index is 1.31. The second kappa shape index (κ2) is 12.9. The van der Waals surface area contributed by atoms with Crippen molar-refractivity contribution < 1.29 is 27.4 Å². The summed E-state index contributed by atoms with van der Waals surface area (Å²) in [5, 5.41) is 10.2. The molecule has 1 amide bonds. The van der Waals surface area contributed by atoms with Crippen LogP contribution in [0.3, 0.4) is 0 Å². The van der Waals surface area contributed by atoms with E-state index in [1.165, 1.54) is 33.4 Å². The fourth-order valence-electron chi connectivity index (χ4n) is 5.50.